The lowest BCUT2D eigenvalue weighted by Crippen LogP contribution is -2.15. The lowest BCUT2D eigenvalue weighted by Gasteiger charge is -2.09. The molecule has 0 bridgehead atoms. The highest BCUT2D eigenvalue weighted by atomic mass is 16.5. The van der Waals surface area contributed by atoms with Crippen molar-refractivity contribution in [2.24, 2.45) is 0 Å². The van der Waals surface area contributed by atoms with E-state index < -0.39 is 5.97 Å². The van der Waals surface area contributed by atoms with E-state index in [9.17, 15) is 14.4 Å². The maximum Gasteiger partial charge on any atom is 0.306 e. The summed E-state index contributed by atoms with van der Waals surface area (Å²) < 4.78 is 21.1. The Labute approximate surface area is 168 Å². The number of fused-ring (bicyclic) bond motifs is 1. The molecule has 1 aliphatic rings. The molecule has 7 heteroatoms. The Balaban J connectivity index is 1.46. The smallest absolute Gasteiger partial charge is 0.306 e. The first-order valence-corrected chi connectivity index (χ1v) is 9.32. The van der Waals surface area contributed by atoms with Crippen molar-refractivity contribution < 1.29 is 33.3 Å². The Hall–Kier alpha value is -3.35. The molecule has 0 amide bonds. The summed E-state index contributed by atoms with van der Waals surface area (Å²) in [6.07, 6.45) is 0.650. The minimum absolute atomic E-state index is 0.0186. The van der Waals surface area contributed by atoms with Crippen molar-refractivity contribution in [2.45, 2.75) is 19.3 Å². The van der Waals surface area contributed by atoms with Crippen molar-refractivity contribution in [1.29, 1.82) is 0 Å². The number of Topliss-reactive ketones (excluding diaryl/α,β-unsaturated/α-hetero) is 2. The highest BCUT2D eigenvalue weighted by Crippen LogP contribution is 2.30. The van der Waals surface area contributed by atoms with Gasteiger partial charge in [0.25, 0.3) is 0 Å². The molecule has 1 aliphatic heterocycles. The highest BCUT2D eigenvalue weighted by molar-refractivity contribution is 5.99. The number of methoxy groups -OCH3 is 1. The molecule has 0 unspecified atom stereocenters. The molecule has 152 valence electrons. The van der Waals surface area contributed by atoms with Gasteiger partial charge in [0.05, 0.1) is 26.7 Å². The predicted molar refractivity (Wildman–Crippen MR) is 104 cm³/mol. The van der Waals surface area contributed by atoms with Gasteiger partial charge in [0, 0.05) is 24.0 Å². The zero-order valence-corrected chi connectivity index (χ0v) is 16.1. The van der Waals surface area contributed by atoms with Gasteiger partial charge in [-0.25, -0.2) is 0 Å². The molecular weight excluding hydrogens is 376 g/mol. The minimum Gasteiger partial charge on any atom is -0.497 e. The molecule has 3 rings (SSSR count). The fourth-order valence-electron chi connectivity index (χ4n) is 2.78. The van der Waals surface area contributed by atoms with Crippen LogP contribution in [0.3, 0.4) is 0 Å². The molecule has 0 N–H and O–H groups in total. The molecule has 0 spiro atoms. The summed E-state index contributed by atoms with van der Waals surface area (Å²) in [5, 5.41) is 0. The zero-order chi connectivity index (χ0) is 20.6. The molecule has 2 aromatic carbocycles. The third-order valence-electron chi connectivity index (χ3n) is 4.40. The Morgan fingerprint density at radius 2 is 1.55 bits per heavy atom. The van der Waals surface area contributed by atoms with Crippen LogP contribution in [0.15, 0.2) is 42.5 Å². The van der Waals surface area contributed by atoms with E-state index in [0.717, 1.165) is 6.42 Å². The predicted octanol–water partition coefficient (Wildman–Crippen LogP) is 3.25. The van der Waals surface area contributed by atoms with Gasteiger partial charge in [-0.3, -0.25) is 14.4 Å². The second kappa shape index (κ2) is 9.73. The second-order valence-electron chi connectivity index (χ2n) is 6.45. The number of hydrogen-bond donors (Lipinski definition) is 0. The monoisotopic (exact) mass is 398 g/mol. The van der Waals surface area contributed by atoms with Crippen LogP contribution in [-0.2, 0) is 9.53 Å². The zero-order valence-electron chi connectivity index (χ0n) is 16.1. The molecule has 29 heavy (non-hydrogen) atoms. The summed E-state index contributed by atoms with van der Waals surface area (Å²) in [5.41, 5.74) is 0.859. The Kier molecular flexibility index (Phi) is 6.84. The number of hydrogen-bond acceptors (Lipinski definition) is 7. The van der Waals surface area contributed by atoms with E-state index in [1.165, 1.54) is 7.11 Å². The first-order chi connectivity index (χ1) is 14.1. The Bertz CT molecular complexity index is 887. The number of esters is 1. The number of carbonyl (C=O) groups is 3. The van der Waals surface area contributed by atoms with Gasteiger partial charge in [-0.2, -0.15) is 0 Å². The summed E-state index contributed by atoms with van der Waals surface area (Å²) in [7, 11) is 1.53. The second-order valence-corrected chi connectivity index (χ2v) is 6.45. The standard InChI is InChI=1S/C22H22O7/c1-26-17-6-3-15(4-7-17)19(24)14-29-22(25)10-8-18(23)16-5-9-20-21(13-16)28-12-2-11-27-20/h3-7,9,13H,2,8,10-12,14H2,1H3. The van der Waals surface area contributed by atoms with Gasteiger partial charge in [-0.05, 0) is 42.5 Å². The van der Waals surface area contributed by atoms with Gasteiger partial charge in [0.1, 0.15) is 5.75 Å². The van der Waals surface area contributed by atoms with Crippen molar-refractivity contribution in [3.63, 3.8) is 0 Å². The van der Waals surface area contributed by atoms with E-state index in [2.05, 4.69) is 0 Å². The van der Waals surface area contributed by atoms with Crippen molar-refractivity contribution in [1.82, 2.24) is 0 Å². The normalized spacial score (nSPS) is 12.6. The number of carbonyl (C=O) groups excluding carboxylic acids is 3. The summed E-state index contributed by atoms with van der Waals surface area (Å²) in [5.74, 6) is 0.632. The van der Waals surface area contributed by atoms with Crippen LogP contribution in [0.2, 0.25) is 0 Å². The van der Waals surface area contributed by atoms with Gasteiger partial charge >= 0.3 is 5.97 Å². The largest absolute Gasteiger partial charge is 0.497 e. The fourth-order valence-corrected chi connectivity index (χ4v) is 2.78. The van der Waals surface area contributed by atoms with Crippen LogP contribution in [0.25, 0.3) is 0 Å². The quantitative estimate of drug-likeness (QED) is 0.498. The Morgan fingerprint density at radius 3 is 2.28 bits per heavy atom. The summed E-state index contributed by atoms with van der Waals surface area (Å²) in [6, 6.07) is 11.5. The minimum atomic E-state index is -0.602. The van der Waals surface area contributed by atoms with Crippen LogP contribution in [0.1, 0.15) is 40.0 Å². The topological polar surface area (TPSA) is 88.1 Å². The molecule has 2 aromatic rings. The van der Waals surface area contributed by atoms with Crippen molar-refractivity contribution in [3.8, 4) is 17.2 Å². The van der Waals surface area contributed by atoms with Gasteiger partial charge in [-0.1, -0.05) is 0 Å². The Morgan fingerprint density at radius 1 is 0.862 bits per heavy atom. The molecule has 0 aromatic heterocycles. The highest BCUT2D eigenvalue weighted by Gasteiger charge is 2.16. The molecule has 0 saturated heterocycles. The van der Waals surface area contributed by atoms with Crippen LogP contribution in [0, 0.1) is 0 Å². The van der Waals surface area contributed by atoms with E-state index in [0.29, 0.717) is 41.6 Å². The molecule has 0 radical (unpaired) electrons. The lowest BCUT2D eigenvalue weighted by atomic mass is 10.1. The van der Waals surface area contributed by atoms with E-state index in [1.54, 1.807) is 42.5 Å². The summed E-state index contributed by atoms with van der Waals surface area (Å²) in [4.78, 5) is 36.3. The average Bonchev–Trinajstić information content (AvgIpc) is 3.00. The SMILES string of the molecule is COc1ccc(C(=O)COC(=O)CCC(=O)c2ccc3c(c2)OCCCO3)cc1. The average molecular weight is 398 g/mol. The number of ketones is 2. The lowest BCUT2D eigenvalue weighted by molar-refractivity contribution is -0.142. The molecule has 0 aliphatic carbocycles. The number of ether oxygens (including phenoxy) is 4. The number of benzene rings is 2. The summed E-state index contributed by atoms with van der Waals surface area (Å²) in [6.45, 7) is 0.726. The van der Waals surface area contributed by atoms with E-state index in [-0.39, 0.29) is 31.0 Å². The maximum absolute atomic E-state index is 12.4. The van der Waals surface area contributed by atoms with Gasteiger partial charge in [0.2, 0.25) is 0 Å². The number of rotatable bonds is 8. The van der Waals surface area contributed by atoms with Gasteiger partial charge in [0.15, 0.2) is 29.7 Å². The molecular formula is C22H22O7. The van der Waals surface area contributed by atoms with E-state index >= 15 is 0 Å². The first-order valence-electron chi connectivity index (χ1n) is 9.32. The molecule has 0 saturated carbocycles. The third-order valence-corrected chi connectivity index (χ3v) is 4.40. The molecule has 0 fully saturated rings. The van der Waals surface area contributed by atoms with Crippen LogP contribution in [-0.4, -0.2) is 44.5 Å². The molecule has 7 nitrogen and oxygen atoms in total. The van der Waals surface area contributed by atoms with Crippen molar-refractivity contribution in [3.05, 3.63) is 53.6 Å². The van der Waals surface area contributed by atoms with Crippen LogP contribution < -0.4 is 14.2 Å². The first kappa shape index (κ1) is 20.4. The van der Waals surface area contributed by atoms with E-state index in [1.807, 2.05) is 0 Å². The van der Waals surface area contributed by atoms with Crippen molar-refractivity contribution >= 4 is 17.5 Å². The maximum atomic E-state index is 12.4. The van der Waals surface area contributed by atoms with E-state index in [4.69, 9.17) is 18.9 Å². The fraction of sp³-hybridized carbons (Fsp3) is 0.318. The van der Waals surface area contributed by atoms with Crippen LogP contribution in [0.4, 0.5) is 0 Å². The van der Waals surface area contributed by atoms with Crippen LogP contribution in [0.5, 0.6) is 17.2 Å². The van der Waals surface area contributed by atoms with Gasteiger partial charge in [-0.15, -0.1) is 0 Å². The third kappa shape index (κ3) is 5.57. The molecule has 1 heterocycles. The molecule has 0 atom stereocenters. The van der Waals surface area contributed by atoms with Crippen molar-refractivity contribution in [2.75, 3.05) is 26.9 Å². The van der Waals surface area contributed by atoms with Crippen LogP contribution >= 0.6 is 0 Å². The van der Waals surface area contributed by atoms with Gasteiger partial charge < -0.3 is 18.9 Å². The summed E-state index contributed by atoms with van der Waals surface area (Å²) >= 11 is 0.